The molecule has 1 N–H and O–H groups in total. The molecule has 168 valence electrons. The van der Waals surface area contributed by atoms with Crippen LogP contribution in [0, 0.1) is 10.1 Å². The molecule has 14 heteroatoms. The van der Waals surface area contributed by atoms with Crippen LogP contribution in [0.1, 0.15) is 16.2 Å². The molecule has 3 rings (SSSR count). The number of hydrogen-bond donors (Lipinski definition) is 1. The quantitative estimate of drug-likeness (QED) is 0.289. The van der Waals surface area contributed by atoms with Crippen molar-refractivity contribution >= 4 is 56.4 Å². The van der Waals surface area contributed by atoms with Crippen molar-refractivity contribution in [3.05, 3.63) is 72.4 Å². The van der Waals surface area contributed by atoms with E-state index in [9.17, 15) is 28.1 Å². The number of nitrogens with one attached hydrogen (secondary N) is 1. The smallest absolute Gasteiger partial charge is 0.434 e. The second-order valence-corrected chi connectivity index (χ2v) is 7.87. The van der Waals surface area contributed by atoms with Crippen LogP contribution in [0.2, 0.25) is 10.0 Å². The summed E-state index contributed by atoms with van der Waals surface area (Å²) in [6.07, 6.45) is -4.76. The number of nitro groups is 1. The van der Waals surface area contributed by atoms with Crippen molar-refractivity contribution in [2.24, 2.45) is 7.05 Å². The number of aromatic nitrogens is 2. The molecule has 32 heavy (non-hydrogen) atoms. The van der Waals surface area contributed by atoms with Crippen molar-refractivity contribution in [2.45, 2.75) is 6.18 Å². The van der Waals surface area contributed by atoms with Crippen LogP contribution in [0.3, 0.4) is 0 Å². The van der Waals surface area contributed by atoms with E-state index >= 15 is 0 Å². The van der Waals surface area contributed by atoms with Gasteiger partial charge in [-0.1, -0.05) is 23.2 Å². The molecule has 0 aliphatic heterocycles. The number of carbonyl (C=O) groups is 1. The van der Waals surface area contributed by atoms with Gasteiger partial charge >= 0.3 is 6.18 Å². The Morgan fingerprint density at radius 1 is 1.25 bits per heavy atom. The predicted molar refractivity (Wildman–Crippen MR) is 113 cm³/mol. The molecular weight excluding hydrogens is 544 g/mol. The van der Waals surface area contributed by atoms with Gasteiger partial charge in [-0.3, -0.25) is 19.6 Å². The molecule has 0 aliphatic rings. The van der Waals surface area contributed by atoms with E-state index in [4.69, 9.17) is 27.9 Å². The van der Waals surface area contributed by atoms with Gasteiger partial charge in [0, 0.05) is 24.2 Å². The van der Waals surface area contributed by atoms with E-state index in [1.165, 1.54) is 24.3 Å². The molecule has 2 aromatic carbocycles. The Balaban J connectivity index is 1.94. The van der Waals surface area contributed by atoms with Crippen LogP contribution in [0.15, 0.2) is 40.9 Å². The van der Waals surface area contributed by atoms with E-state index in [0.717, 1.165) is 19.2 Å². The maximum atomic E-state index is 13.1. The predicted octanol–water partition coefficient (Wildman–Crippen LogP) is 6.46. The fraction of sp³-hybridized carbons (Fsp3) is 0.111. The van der Waals surface area contributed by atoms with Crippen LogP contribution in [0.5, 0.6) is 11.5 Å². The molecule has 0 saturated heterocycles. The number of amides is 1. The van der Waals surface area contributed by atoms with E-state index in [0.29, 0.717) is 9.70 Å². The molecule has 1 aromatic heterocycles. The second kappa shape index (κ2) is 8.96. The van der Waals surface area contributed by atoms with Crippen LogP contribution < -0.4 is 10.1 Å². The number of rotatable bonds is 5. The molecule has 0 unspecified atom stereocenters. The molecule has 0 fully saturated rings. The van der Waals surface area contributed by atoms with E-state index in [1.807, 2.05) is 0 Å². The Bertz CT molecular complexity index is 1230. The molecule has 0 spiro atoms. The second-order valence-electron chi connectivity index (χ2n) is 6.24. The number of non-ortho nitro benzene ring substituents is 1. The van der Waals surface area contributed by atoms with Crippen molar-refractivity contribution in [3.63, 3.8) is 0 Å². The Hall–Kier alpha value is -2.83. The lowest BCUT2D eigenvalue weighted by atomic mass is 10.2. The highest BCUT2D eigenvalue weighted by Gasteiger charge is 2.39. The van der Waals surface area contributed by atoms with Crippen LogP contribution in [0.25, 0.3) is 0 Å². The summed E-state index contributed by atoms with van der Waals surface area (Å²) in [6.45, 7) is 0. The number of carbonyl (C=O) groups excluding carboxylic acids is 1. The minimum absolute atomic E-state index is 0.0604. The van der Waals surface area contributed by atoms with Crippen molar-refractivity contribution < 1.29 is 27.6 Å². The molecule has 8 nitrogen and oxygen atoms in total. The Morgan fingerprint density at radius 2 is 1.94 bits per heavy atom. The van der Waals surface area contributed by atoms with Crippen LogP contribution >= 0.6 is 39.1 Å². The summed E-state index contributed by atoms with van der Waals surface area (Å²) < 4.78 is 44.9. The number of ether oxygens (including phenoxy) is 1. The van der Waals surface area contributed by atoms with Gasteiger partial charge in [0.1, 0.15) is 11.5 Å². The minimum Gasteiger partial charge on any atom is -0.455 e. The van der Waals surface area contributed by atoms with Gasteiger partial charge in [-0.2, -0.15) is 18.3 Å². The van der Waals surface area contributed by atoms with Crippen molar-refractivity contribution in [3.8, 4) is 11.5 Å². The highest BCUT2D eigenvalue weighted by atomic mass is 79.9. The summed E-state index contributed by atoms with van der Waals surface area (Å²) in [4.78, 5) is 23.1. The Labute approximate surface area is 196 Å². The number of benzene rings is 2. The Morgan fingerprint density at radius 3 is 2.50 bits per heavy atom. The highest BCUT2D eigenvalue weighted by molar-refractivity contribution is 9.10. The van der Waals surface area contributed by atoms with Crippen LogP contribution in [0.4, 0.5) is 24.5 Å². The molecule has 0 saturated carbocycles. The van der Waals surface area contributed by atoms with Gasteiger partial charge in [0.2, 0.25) is 0 Å². The van der Waals surface area contributed by atoms with E-state index in [1.54, 1.807) is 0 Å². The zero-order valence-corrected chi connectivity index (χ0v) is 18.8. The Kier molecular flexibility index (Phi) is 6.67. The standard InChI is InChI=1S/C18H10BrCl2F3N4O4/c1-27-16(18(22,23)24)14(19)15(26-27)17(29)25-9-5-10(28(30)31)7-11(6-9)32-13-3-2-8(20)4-12(13)21/h2-7H,1H3,(H,25,29). The third-order valence-corrected chi connectivity index (χ3v) is 5.24. The number of aryl methyl sites for hydroxylation is 1. The molecule has 0 atom stereocenters. The summed E-state index contributed by atoms with van der Waals surface area (Å²) in [5, 5.41) is 17.6. The van der Waals surface area contributed by atoms with Gasteiger partial charge in [0.05, 0.1) is 26.2 Å². The summed E-state index contributed by atoms with van der Waals surface area (Å²) >= 11 is 14.6. The molecule has 1 amide bonds. The average molecular weight is 554 g/mol. The molecule has 0 aliphatic carbocycles. The molecular formula is C18H10BrCl2F3N4O4. The lowest BCUT2D eigenvalue weighted by molar-refractivity contribution is -0.384. The third-order valence-electron chi connectivity index (χ3n) is 3.95. The zero-order valence-electron chi connectivity index (χ0n) is 15.7. The minimum atomic E-state index is -4.76. The maximum absolute atomic E-state index is 13.1. The normalized spacial score (nSPS) is 11.3. The third kappa shape index (κ3) is 5.14. The number of nitro benzene ring substituents is 1. The highest BCUT2D eigenvalue weighted by Crippen LogP contribution is 2.37. The van der Waals surface area contributed by atoms with E-state index < -0.39 is 38.6 Å². The largest absolute Gasteiger partial charge is 0.455 e. The summed E-state index contributed by atoms with van der Waals surface area (Å²) in [6, 6.07) is 7.65. The molecule has 3 aromatic rings. The van der Waals surface area contributed by atoms with Gasteiger partial charge in [0.15, 0.2) is 11.4 Å². The monoisotopic (exact) mass is 552 g/mol. The summed E-state index contributed by atoms with van der Waals surface area (Å²) in [7, 11) is 1.03. The summed E-state index contributed by atoms with van der Waals surface area (Å²) in [5.41, 5.74) is -2.29. The lowest BCUT2D eigenvalue weighted by Gasteiger charge is -2.10. The molecule has 1 heterocycles. The maximum Gasteiger partial charge on any atom is 0.434 e. The van der Waals surface area contributed by atoms with E-state index in [-0.39, 0.29) is 22.2 Å². The molecule has 0 radical (unpaired) electrons. The van der Waals surface area contributed by atoms with Crippen molar-refractivity contribution in [1.29, 1.82) is 0 Å². The van der Waals surface area contributed by atoms with Crippen molar-refractivity contribution in [2.75, 3.05) is 5.32 Å². The first-order valence-electron chi connectivity index (χ1n) is 8.40. The SMILES string of the molecule is Cn1nc(C(=O)Nc2cc(Oc3ccc(Cl)cc3Cl)cc([N+](=O)[O-])c2)c(Br)c1C(F)(F)F. The fourth-order valence-corrected chi connectivity index (χ4v) is 3.83. The first-order chi connectivity index (χ1) is 14.9. The number of hydrogen-bond acceptors (Lipinski definition) is 5. The first-order valence-corrected chi connectivity index (χ1v) is 9.95. The van der Waals surface area contributed by atoms with Gasteiger partial charge in [0.25, 0.3) is 11.6 Å². The van der Waals surface area contributed by atoms with Gasteiger partial charge in [-0.15, -0.1) is 0 Å². The summed E-state index contributed by atoms with van der Waals surface area (Å²) in [5.74, 6) is -0.954. The lowest BCUT2D eigenvalue weighted by Crippen LogP contribution is -2.14. The topological polar surface area (TPSA) is 99.3 Å². The fourth-order valence-electron chi connectivity index (χ4n) is 2.65. The average Bonchev–Trinajstić information content (AvgIpc) is 2.98. The van der Waals surface area contributed by atoms with Gasteiger partial charge in [-0.05, 0) is 34.1 Å². The first kappa shape index (κ1) is 23.8. The van der Waals surface area contributed by atoms with Crippen LogP contribution in [-0.2, 0) is 13.2 Å². The number of alkyl halides is 3. The van der Waals surface area contributed by atoms with Crippen LogP contribution in [-0.4, -0.2) is 20.6 Å². The molecule has 0 bridgehead atoms. The van der Waals surface area contributed by atoms with Crippen molar-refractivity contribution in [1.82, 2.24) is 9.78 Å². The zero-order chi connectivity index (χ0) is 23.8. The number of halogens is 6. The van der Waals surface area contributed by atoms with Gasteiger partial charge in [-0.25, -0.2) is 0 Å². The number of anilines is 1. The van der Waals surface area contributed by atoms with E-state index in [2.05, 4.69) is 26.3 Å². The number of nitrogens with zero attached hydrogens (tertiary/aromatic N) is 3. The van der Waals surface area contributed by atoms with Gasteiger partial charge < -0.3 is 10.1 Å².